The van der Waals surface area contributed by atoms with Crippen LogP contribution in [0, 0.1) is 29.6 Å². The van der Waals surface area contributed by atoms with E-state index >= 15 is 0 Å². The van der Waals surface area contributed by atoms with Crippen LogP contribution in [0.5, 0.6) is 0 Å². The number of likely N-dealkylation sites (tertiary alicyclic amines) is 4. The molecule has 0 saturated carbocycles. The van der Waals surface area contributed by atoms with E-state index < -0.39 is 36.0 Å². The molecule has 0 spiro atoms. The molecule has 6 atom stereocenters. The number of methoxy groups -OCH3 is 2. The zero-order valence-corrected chi connectivity index (χ0v) is 70.9. The number of aromatic nitrogens is 8. The summed E-state index contributed by atoms with van der Waals surface area (Å²) in [5.41, 5.74) is 11.4. The number of alkyl carbamates (subject to hydrolysis) is 2. The Labute approximate surface area is 683 Å². The smallest absolute Gasteiger partial charge is 0.410 e. The van der Waals surface area contributed by atoms with Crippen molar-refractivity contribution in [2.75, 3.05) is 40.4 Å². The minimum absolute atomic E-state index is 0.0953. The molecule has 14 rings (SSSR count). The zero-order valence-electron chi connectivity index (χ0n) is 70.9. The molecule has 24 nitrogen and oxygen atoms in total. The lowest BCUT2D eigenvalue weighted by atomic mass is 9.98. The Morgan fingerprint density at radius 2 is 0.647 bits per heavy atom. The van der Waals surface area contributed by atoms with Crippen molar-refractivity contribution in [3.63, 3.8) is 0 Å². The quantitative estimate of drug-likeness (QED) is 0.0443. The monoisotopic (exact) mass is 1580 g/mol. The average Bonchev–Trinajstić information content (AvgIpc) is 1.50. The van der Waals surface area contributed by atoms with Gasteiger partial charge >= 0.3 is 24.4 Å². The number of hydrogen-bond donors (Lipinski definition) is 7. The lowest BCUT2D eigenvalue weighted by Crippen LogP contribution is -2.51. The first kappa shape index (κ1) is 87.1. The second-order valence-corrected chi connectivity index (χ2v) is 34.2. The predicted molar refractivity (Wildman–Crippen MR) is 458 cm³/mol. The van der Waals surface area contributed by atoms with E-state index in [1.807, 2.05) is 76.9 Å². The summed E-state index contributed by atoms with van der Waals surface area (Å²) < 4.78 is 15.2. The first-order chi connectivity index (χ1) is 55.3. The van der Waals surface area contributed by atoms with E-state index in [0.29, 0.717) is 32.0 Å². The van der Waals surface area contributed by atoms with Gasteiger partial charge in [0, 0.05) is 37.3 Å². The number of carbonyl (C=O) groups excluding carboxylic acids is 5. The number of fused-ring (bicyclic) bond motifs is 2. The minimum atomic E-state index is -0.911. The maximum Gasteiger partial charge on any atom is 0.410 e. The highest BCUT2D eigenvalue weighted by Gasteiger charge is 2.41. The Morgan fingerprint density at radius 1 is 0.388 bits per heavy atom. The molecule has 0 radical (unpaired) electrons. The van der Waals surface area contributed by atoms with Gasteiger partial charge in [-0.05, 0) is 181 Å². The number of nitrogens with one attached hydrogen (secondary N) is 6. The molecule has 4 aromatic heterocycles. The third-order valence-electron chi connectivity index (χ3n) is 20.2. The molecule has 10 aromatic rings. The van der Waals surface area contributed by atoms with Gasteiger partial charge in [0.05, 0.1) is 86.0 Å². The summed E-state index contributed by atoms with van der Waals surface area (Å²) in [5.74, 6) is 4.98. The van der Waals surface area contributed by atoms with Crippen LogP contribution < -0.4 is 10.6 Å². The predicted octanol–water partition coefficient (Wildman–Crippen LogP) is 20.5. The van der Waals surface area contributed by atoms with Crippen LogP contribution in [0.4, 0.5) is 19.2 Å². The Balaban J connectivity index is 0.000000216. The van der Waals surface area contributed by atoms with Gasteiger partial charge in [-0.25, -0.2) is 39.1 Å². The fourth-order valence-electron chi connectivity index (χ4n) is 14.7. The van der Waals surface area contributed by atoms with Crippen molar-refractivity contribution in [3.05, 3.63) is 169 Å². The van der Waals surface area contributed by atoms with E-state index in [0.717, 1.165) is 175 Å². The second kappa shape index (κ2) is 39.4. The van der Waals surface area contributed by atoms with Crippen LogP contribution in [0.3, 0.4) is 0 Å². The van der Waals surface area contributed by atoms with Crippen LogP contribution in [0.15, 0.2) is 146 Å². The van der Waals surface area contributed by atoms with E-state index in [9.17, 15) is 33.9 Å². The molecule has 618 valence electrons. The van der Waals surface area contributed by atoms with Gasteiger partial charge in [0.25, 0.3) is 0 Å². The normalized spacial score (nSPS) is 17.1. The van der Waals surface area contributed by atoms with Crippen molar-refractivity contribution in [1.82, 2.24) is 70.1 Å². The summed E-state index contributed by atoms with van der Waals surface area (Å²) in [5, 5.41) is 19.4. The molecule has 6 amide bonds. The molecule has 8 heterocycles. The van der Waals surface area contributed by atoms with E-state index in [-0.39, 0.29) is 53.9 Å². The first-order valence-electron chi connectivity index (χ1n) is 41.1. The van der Waals surface area contributed by atoms with Gasteiger partial charge < -0.3 is 59.7 Å². The van der Waals surface area contributed by atoms with Gasteiger partial charge in [0.1, 0.15) is 41.0 Å². The zero-order chi connectivity index (χ0) is 83.8. The number of carbonyl (C=O) groups is 6. The Hall–Kier alpha value is -11.3. The third kappa shape index (κ3) is 22.4. The van der Waals surface area contributed by atoms with Gasteiger partial charge in [0.2, 0.25) is 11.8 Å². The standard InChI is InChI=1S/C42H49N7O5.C38H41N7O5.3C4H10/c1-25(2)36(47-40(51)53-6)39(50)48-19-7-9-34(48)37-43-23-32(45-37)27-13-11-26(12-14-27)28-15-16-30-22-31(18-17-29(30)21-28)33-24-44-38(46-33)35-10-8-20-49(35)41(52)54-42(3,4)5;1-22(2)33(43-37(47)50-3)36(46)44-16-4-6-31(44)34-39-20-29(41-34)24-10-8-23(9-11-24)25-12-13-27-19-28(15-14-26(27)18-25)30-21-40-35(42-30)32-7-5-17-45(32)38(48)49;3*1-4(2)3/h11-18,21-25,34-36H,7-10,19-20H2,1-6H3,(H,43,45)(H,44,46)(H,47,51);8-15,18-22,31-33H,4-7,16-17H2,1-3H3,(H,39,41)(H,40,42)(H,43,47)(H,48,49);3*4H,1-3H3. The Bertz CT molecular complexity index is 4930. The molecule has 7 N–H and O–H groups in total. The van der Waals surface area contributed by atoms with Crippen molar-refractivity contribution in [2.24, 2.45) is 29.6 Å². The molecule has 4 saturated heterocycles. The van der Waals surface area contributed by atoms with Crippen LogP contribution in [-0.2, 0) is 23.8 Å². The number of benzene rings is 6. The number of rotatable bonds is 16. The number of ether oxygens (including phenoxy) is 3. The topological polar surface area (TPSA) is 302 Å². The summed E-state index contributed by atoms with van der Waals surface area (Å²) >= 11 is 0. The maximum absolute atomic E-state index is 13.5. The first-order valence-corrected chi connectivity index (χ1v) is 41.1. The summed E-state index contributed by atoms with van der Waals surface area (Å²) in [6, 6.07) is 40.1. The largest absolute Gasteiger partial charge is 0.465 e. The van der Waals surface area contributed by atoms with Crippen molar-refractivity contribution < 1.29 is 48.1 Å². The number of H-pyrrole nitrogens is 4. The lowest BCUT2D eigenvalue weighted by molar-refractivity contribution is -0.136. The molecule has 24 heteroatoms. The number of imidazole rings is 4. The third-order valence-corrected chi connectivity index (χ3v) is 20.2. The average molecular weight is 1580 g/mol. The minimum Gasteiger partial charge on any atom is -0.465 e. The molecule has 6 unspecified atom stereocenters. The highest BCUT2D eigenvalue weighted by Crippen LogP contribution is 2.39. The molecule has 4 fully saturated rings. The van der Waals surface area contributed by atoms with Crippen LogP contribution >= 0.6 is 0 Å². The fraction of sp³-hybridized carbons (Fsp3) is 0.457. The van der Waals surface area contributed by atoms with Crippen molar-refractivity contribution in [3.8, 4) is 67.3 Å². The number of amides is 6. The number of aromatic amines is 4. The van der Waals surface area contributed by atoms with E-state index in [4.69, 9.17) is 14.2 Å². The number of carboxylic acid groups (broad SMARTS) is 1. The van der Waals surface area contributed by atoms with Crippen LogP contribution in [0.2, 0.25) is 0 Å². The van der Waals surface area contributed by atoms with E-state index in [1.165, 1.54) is 19.1 Å². The van der Waals surface area contributed by atoms with Crippen molar-refractivity contribution >= 4 is 57.7 Å². The summed E-state index contributed by atoms with van der Waals surface area (Å²) in [7, 11) is 2.59. The van der Waals surface area contributed by atoms with Gasteiger partial charge in [-0.1, -0.05) is 187 Å². The summed E-state index contributed by atoms with van der Waals surface area (Å²) in [4.78, 5) is 115. The fourth-order valence-corrected chi connectivity index (χ4v) is 14.7. The van der Waals surface area contributed by atoms with Gasteiger partial charge in [-0.3, -0.25) is 19.4 Å². The number of nitrogens with zero attached hydrogens (tertiary/aromatic N) is 8. The maximum atomic E-state index is 13.5. The van der Waals surface area contributed by atoms with Gasteiger partial charge in [-0.2, -0.15) is 0 Å². The van der Waals surface area contributed by atoms with Crippen molar-refractivity contribution in [1.29, 1.82) is 0 Å². The lowest BCUT2D eigenvalue weighted by Gasteiger charge is -2.30. The molecular weight excluding hydrogens is 1460 g/mol. The molecule has 116 heavy (non-hydrogen) atoms. The summed E-state index contributed by atoms with van der Waals surface area (Å²) in [6.45, 7) is 35.2. The van der Waals surface area contributed by atoms with Gasteiger partial charge in [-0.15, -0.1) is 0 Å². The highest BCUT2D eigenvalue weighted by molar-refractivity contribution is 5.93. The molecule has 0 bridgehead atoms. The highest BCUT2D eigenvalue weighted by atomic mass is 16.6. The Morgan fingerprint density at radius 3 is 0.948 bits per heavy atom. The molecule has 4 aliphatic heterocycles. The van der Waals surface area contributed by atoms with Crippen LogP contribution in [0.1, 0.15) is 210 Å². The molecule has 0 aliphatic carbocycles. The van der Waals surface area contributed by atoms with E-state index in [1.54, 1.807) is 11.1 Å². The Kier molecular flexibility index (Phi) is 29.6. The SMILES string of the molecule is CC(C)C.CC(C)C.CC(C)C.COC(=O)NC(C(=O)N1CCCC1c1ncc(-c2ccc(-c3ccc4cc(-c5cnc(C6CCCN6C(=O)O)[nH]5)ccc4c3)cc2)[nH]1)C(C)C.COC(=O)NC(C(=O)N1CCCC1c1ncc(-c2ccc(-c3ccc4cc(-c5cnc(C6CCCN6C(=O)OC(C)(C)C)[nH]5)ccc4c3)cc2)[nH]1)C(C)C. The van der Waals surface area contributed by atoms with E-state index in [2.05, 4.69) is 234 Å². The molecular formula is C92H120N14O10. The van der Waals surface area contributed by atoms with Crippen LogP contribution in [-0.4, -0.2) is 159 Å². The van der Waals surface area contributed by atoms with Gasteiger partial charge in [0.15, 0.2) is 0 Å². The van der Waals surface area contributed by atoms with Crippen molar-refractivity contribution in [2.45, 2.75) is 204 Å². The molecule has 4 aliphatic rings. The second-order valence-electron chi connectivity index (χ2n) is 34.2. The number of hydrogen-bond acceptors (Lipinski definition) is 13. The molecule has 6 aromatic carbocycles. The summed E-state index contributed by atoms with van der Waals surface area (Å²) in [6.07, 6.45) is 11.5. The van der Waals surface area contributed by atoms with Crippen LogP contribution in [0.25, 0.3) is 88.8 Å².